The van der Waals surface area contributed by atoms with Crippen molar-refractivity contribution in [3.8, 4) is 11.5 Å². The molecule has 112 valence electrons. The van der Waals surface area contributed by atoms with Crippen molar-refractivity contribution in [1.29, 1.82) is 0 Å². The number of aliphatic hydroxyl groups excluding tert-OH is 1. The predicted octanol–water partition coefficient (Wildman–Crippen LogP) is 2.43. The third-order valence-corrected chi connectivity index (χ3v) is 4.23. The number of benzene rings is 1. The summed E-state index contributed by atoms with van der Waals surface area (Å²) < 4.78 is 5.19. The maximum atomic E-state index is 9.89. The number of rotatable bonds is 5. The van der Waals surface area contributed by atoms with Gasteiger partial charge in [0.2, 0.25) is 0 Å². The van der Waals surface area contributed by atoms with Crippen molar-refractivity contribution in [2.45, 2.75) is 44.7 Å². The molecule has 1 saturated carbocycles. The molecule has 0 spiro atoms. The lowest BCUT2D eigenvalue weighted by atomic mass is 9.95. The smallest absolute Gasteiger partial charge is 0.120 e. The van der Waals surface area contributed by atoms with E-state index in [4.69, 9.17) is 4.74 Å². The predicted molar refractivity (Wildman–Crippen MR) is 78.9 cm³/mol. The second kappa shape index (κ2) is 7.50. The van der Waals surface area contributed by atoms with Gasteiger partial charge in [-0.05, 0) is 37.0 Å². The number of aliphatic hydroxyl groups is 1. The topological polar surface area (TPSA) is 61.7 Å². The Morgan fingerprint density at radius 3 is 2.80 bits per heavy atom. The first-order valence-electron chi connectivity index (χ1n) is 7.44. The quantitative estimate of drug-likeness (QED) is 0.724. The average Bonchev–Trinajstić information content (AvgIpc) is 2.71. The molecule has 4 nitrogen and oxygen atoms in total. The second-order valence-corrected chi connectivity index (χ2v) is 5.56. The zero-order valence-corrected chi connectivity index (χ0v) is 12.1. The second-order valence-electron chi connectivity index (χ2n) is 5.56. The van der Waals surface area contributed by atoms with Crippen LogP contribution in [0, 0.1) is 5.92 Å². The molecule has 0 bridgehead atoms. The summed E-state index contributed by atoms with van der Waals surface area (Å²) in [5.41, 5.74) is 0.838. The summed E-state index contributed by atoms with van der Waals surface area (Å²) in [6.07, 6.45) is 5.83. The Kier molecular flexibility index (Phi) is 5.68. The fourth-order valence-electron chi connectivity index (χ4n) is 2.94. The maximum absolute atomic E-state index is 9.89. The number of hydrogen-bond acceptors (Lipinski definition) is 4. The molecular formula is C16H25NO3. The Morgan fingerprint density at radius 1 is 1.25 bits per heavy atom. The number of hydrogen-bond donors (Lipinski definition) is 3. The van der Waals surface area contributed by atoms with E-state index in [2.05, 4.69) is 5.32 Å². The summed E-state index contributed by atoms with van der Waals surface area (Å²) >= 11 is 0. The molecule has 2 unspecified atom stereocenters. The molecule has 0 amide bonds. The van der Waals surface area contributed by atoms with Gasteiger partial charge in [0, 0.05) is 24.8 Å². The molecule has 1 aliphatic carbocycles. The minimum Gasteiger partial charge on any atom is -0.508 e. The molecule has 20 heavy (non-hydrogen) atoms. The Labute approximate surface area is 120 Å². The largest absolute Gasteiger partial charge is 0.508 e. The first-order valence-corrected chi connectivity index (χ1v) is 7.44. The SMILES string of the molecule is COc1ccc(O)c(CNC2CCCCCC2CO)c1. The van der Waals surface area contributed by atoms with Gasteiger partial charge in [0.05, 0.1) is 7.11 Å². The molecule has 1 aromatic rings. The number of aromatic hydroxyl groups is 1. The molecular weight excluding hydrogens is 254 g/mol. The fourth-order valence-corrected chi connectivity index (χ4v) is 2.94. The molecule has 0 aromatic heterocycles. The van der Waals surface area contributed by atoms with Crippen LogP contribution in [0.5, 0.6) is 11.5 Å². The molecule has 2 atom stereocenters. The van der Waals surface area contributed by atoms with E-state index < -0.39 is 0 Å². The number of methoxy groups -OCH3 is 1. The molecule has 0 aliphatic heterocycles. The van der Waals surface area contributed by atoms with Crippen molar-refractivity contribution in [3.63, 3.8) is 0 Å². The Morgan fingerprint density at radius 2 is 2.05 bits per heavy atom. The van der Waals surface area contributed by atoms with Crippen LogP contribution in [0.2, 0.25) is 0 Å². The lowest BCUT2D eigenvalue weighted by Gasteiger charge is -2.25. The van der Waals surface area contributed by atoms with Crippen LogP contribution in [0.4, 0.5) is 0 Å². The van der Waals surface area contributed by atoms with E-state index in [0.717, 1.165) is 24.2 Å². The first-order chi connectivity index (χ1) is 9.74. The highest BCUT2D eigenvalue weighted by Gasteiger charge is 2.22. The first kappa shape index (κ1) is 15.1. The van der Waals surface area contributed by atoms with Gasteiger partial charge in [0.15, 0.2) is 0 Å². The Bertz CT molecular complexity index is 422. The van der Waals surface area contributed by atoms with Gasteiger partial charge in [0.1, 0.15) is 11.5 Å². The number of phenolic OH excluding ortho intramolecular Hbond substituents is 1. The van der Waals surface area contributed by atoms with E-state index in [9.17, 15) is 10.2 Å². The van der Waals surface area contributed by atoms with Gasteiger partial charge >= 0.3 is 0 Å². The minimum atomic E-state index is 0.238. The van der Waals surface area contributed by atoms with Gasteiger partial charge in [-0.3, -0.25) is 0 Å². The number of ether oxygens (including phenoxy) is 1. The molecule has 1 aliphatic rings. The van der Waals surface area contributed by atoms with E-state index >= 15 is 0 Å². The van der Waals surface area contributed by atoms with Crippen LogP contribution >= 0.6 is 0 Å². The monoisotopic (exact) mass is 279 g/mol. The summed E-state index contributed by atoms with van der Waals surface area (Å²) in [7, 11) is 1.62. The lowest BCUT2D eigenvalue weighted by Crippen LogP contribution is -2.36. The highest BCUT2D eigenvalue weighted by Crippen LogP contribution is 2.26. The zero-order valence-electron chi connectivity index (χ0n) is 12.1. The summed E-state index contributed by atoms with van der Waals surface area (Å²) in [6, 6.07) is 5.59. The summed E-state index contributed by atoms with van der Waals surface area (Å²) in [5.74, 6) is 1.36. The normalized spacial score (nSPS) is 23.3. The molecule has 1 aromatic carbocycles. The third kappa shape index (κ3) is 3.87. The molecule has 1 fully saturated rings. The van der Waals surface area contributed by atoms with Crippen molar-refractivity contribution < 1.29 is 14.9 Å². The van der Waals surface area contributed by atoms with Gasteiger partial charge in [0.25, 0.3) is 0 Å². The van der Waals surface area contributed by atoms with E-state index in [-0.39, 0.29) is 12.4 Å². The lowest BCUT2D eigenvalue weighted by molar-refractivity contribution is 0.181. The maximum Gasteiger partial charge on any atom is 0.120 e. The Balaban J connectivity index is 1.99. The average molecular weight is 279 g/mol. The van der Waals surface area contributed by atoms with Crippen LogP contribution in [0.3, 0.4) is 0 Å². The van der Waals surface area contributed by atoms with Crippen molar-refractivity contribution in [2.75, 3.05) is 13.7 Å². The van der Waals surface area contributed by atoms with E-state index in [1.807, 2.05) is 6.07 Å². The van der Waals surface area contributed by atoms with Gasteiger partial charge in [-0.2, -0.15) is 0 Å². The summed E-state index contributed by atoms with van der Waals surface area (Å²) in [4.78, 5) is 0. The third-order valence-electron chi connectivity index (χ3n) is 4.23. The van der Waals surface area contributed by atoms with Gasteiger partial charge in [-0.15, -0.1) is 0 Å². The van der Waals surface area contributed by atoms with Crippen LogP contribution in [0.1, 0.15) is 37.7 Å². The minimum absolute atomic E-state index is 0.238. The van der Waals surface area contributed by atoms with Crippen LogP contribution in [-0.4, -0.2) is 30.0 Å². The van der Waals surface area contributed by atoms with E-state index in [1.54, 1.807) is 19.2 Å². The summed E-state index contributed by atoms with van der Waals surface area (Å²) in [6.45, 7) is 0.839. The highest BCUT2D eigenvalue weighted by atomic mass is 16.5. The summed E-state index contributed by atoms with van der Waals surface area (Å²) in [5, 5.41) is 22.9. The molecule has 3 N–H and O–H groups in total. The van der Waals surface area contributed by atoms with Gasteiger partial charge in [-0.1, -0.05) is 19.3 Å². The van der Waals surface area contributed by atoms with Crippen molar-refractivity contribution >= 4 is 0 Å². The highest BCUT2D eigenvalue weighted by molar-refractivity contribution is 5.39. The van der Waals surface area contributed by atoms with Crippen LogP contribution < -0.4 is 10.1 Å². The van der Waals surface area contributed by atoms with Crippen molar-refractivity contribution in [3.05, 3.63) is 23.8 Å². The number of nitrogens with one attached hydrogen (secondary N) is 1. The fraction of sp³-hybridized carbons (Fsp3) is 0.625. The molecule has 0 radical (unpaired) electrons. The molecule has 2 rings (SSSR count). The zero-order chi connectivity index (χ0) is 14.4. The van der Waals surface area contributed by atoms with Crippen molar-refractivity contribution in [2.24, 2.45) is 5.92 Å². The van der Waals surface area contributed by atoms with Gasteiger partial charge < -0.3 is 20.3 Å². The standard InChI is InChI=1S/C16H25NO3/c1-20-14-7-8-16(19)13(9-14)10-17-15-6-4-2-3-5-12(15)11-18/h7-9,12,15,17-19H,2-6,10-11H2,1H3. The molecule has 0 saturated heterocycles. The Hall–Kier alpha value is -1.26. The van der Waals surface area contributed by atoms with Crippen molar-refractivity contribution in [1.82, 2.24) is 5.32 Å². The van der Waals surface area contributed by atoms with E-state index in [1.165, 1.54) is 19.3 Å². The van der Waals surface area contributed by atoms with Crippen LogP contribution in [-0.2, 0) is 6.54 Å². The van der Waals surface area contributed by atoms with Crippen LogP contribution in [0.25, 0.3) is 0 Å². The van der Waals surface area contributed by atoms with Gasteiger partial charge in [-0.25, -0.2) is 0 Å². The molecule has 0 heterocycles. The molecule has 4 heteroatoms. The van der Waals surface area contributed by atoms with Crippen LogP contribution in [0.15, 0.2) is 18.2 Å². The number of phenols is 1. The van der Waals surface area contributed by atoms with E-state index in [0.29, 0.717) is 18.5 Å².